The molecular formula is C14H19ClN2O3. The summed E-state index contributed by atoms with van der Waals surface area (Å²) < 4.78 is 5.24. The molecular weight excluding hydrogens is 280 g/mol. The van der Waals surface area contributed by atoms with Crippen LogP contribution in [0, 0.1) is 0 Å². The van der Waals surface area contributed by atoms with E-state index in [4.69, 9.17) is 16.3 Å². The number of hydrogen-bond acceptors (Lipinski definition) is 3. The number of nitrogens with zero attached hydrogens (tertiary/aromatic N) is 1. The van der Waals surface area contributed by atoms with Gasteiger partial charge in [0.1, 0.15) is 11.8 Å². The Balaban J connectivity index is 2.79. The Morgan fingerprint density at radius 3 is 2.65 bits per heavy atom. The molecule has 1 rings (SSSR count). The Hall–Kier alpha value is -1.75. The first kappa shape index (κ1) is 16.3. The van der Waals surface area contributed by atoms with Gasteiger partial charge in [-0.25, -0.2) is 0 Å². The second-order valence-electron chi connectivity index (χ2n) is 4.57. The molecule has 0 aliphatic rings. The number of amides is 2. The summed E-state index contributed by atoms with van der Waals surface area (Å²) in [6, 6.07) is 4.68. The number of benzene rings is 1. The molecule has 5 nitrogen and oxygen atoms in total. The summed E-state index contributed by atoms with van der Waals surface area (Å²) in [5.74, 6) is 0.253. The average molecular weight is 299 g/mol. The Bertz CT molecular complexity index is 505. The third-order valence-electron chi connectivity index (χ3n) is 2.82. The molecule has 0 heterocycles. The third kappa shape index (κ3) is 4.42. The standard InChI is InChI=1S/C14H19ClN2O3/c1-9(16-10(2)18)14(19)17(3)8-11-7-12(15)5-6-13(11)20-4/h5-7,9H,8H2,1-4H3,(H,16,18). The summed E-state index contributed by atoms with van der Waals surface area (Å²) in [5, 5.41) is 3.14. The van der Waals surface area contributed by atoms with Crippen LogP contribution in [-0.4, -0.2) is 36.9 Å². The predicted molar refractivity (Wildman–Crippen MR) is 77.8 cm³/mol. The maximum absolute atomic E-state index is 12.1. The van der Waals surface area contributed by atoms with Crippen molar-refractivity contribution in [1.29, 1.82) is 0 Å². The van der Waals surface area contributed by atoms with Crippen LogP contribution >= 0.6 is 11.6 Å². The lowest BCUT2D eigenvalue weighted by Gasteiger charge is -2.22. The van der Waals surface area contributed by atoms with Crippen molar-refractivity contribution in [2.45, 2.75) is 26.4 Å². The molecule has 0 saturated heterocycles. The maximum Gasteiger partial charge on any atom is 0.244 e. The van der Waals surface area contributed by atoms with Crippen molar-refractivity contribution in [3.8, 4) is 5.75 Å². The molecule has 0 bridgehead atoms. The van der Waals surface area contributed by atoms with E-state index in [1.165, 1.54) is 11.8 Å². The molecule has 0 radical (unpaired) electrons. The van der Waals surface area contributed by atoms with Crippen LogP contribution in [-0.2, 0) is 16.1 Å². The van der Waals surface area contributed by atoms with E-state index in [1.54, 1.807) is 39.3 Å². The number of nitrogens with one attached hydrogen (secondary N) is 1. The fourth-order valence-corrected chi connectivity index (χ4v) is 2.10. The van der Waals surface area contributed by atoms with Crippen molar-refractivity contribution in [3.05, 3.63) is 28.8 Å². The SMILES string of the molecule is COc1ccc(Cl)cc1CN(C)C(=O)C(C)NC(C)=O. The van der Waals surface area contributed by atoms with Crippen LogP contribution in [0.15, 0.2) is 18.2 Å². The third-order valence-corrected chi connectivity index (χ3v) is 3.05. The summed E-state index contributed by atoms with van der Waals surface area (Å²) >= 11 is 5.95. The fourth-order valence-electron chi connectivity index (χ4n) is 1.90. The van der Waals surface area contributed by atoms with Crippen LogP contribution in [0.4, 0.5) is 0 Å². The summed E-state index contributed by atoms with van der Waals surface area (Å²) in [5.41, 5.74) is 0.811. The van der Waals surface area contributed by atoms with E-state index in [-0.39, 0.29) is 11.8 Å². The number of hydrogen-bond donors (Lipinski definition) is 1. The molecule has 6 heteroatoms. The van der Waals surface area contributed by atoms with Gasteiger partial charge < -0.3 is 15.0 Å². The van der Waals surface area contributed by atoms with Crippen molar-refractivity contribution in [2.75, 3.05) is 14.2 Å². The van der Waals surface area contributed by atoms with E-state index in [0.717, 1.165) is 5.56 Å². The minimum atomic E-state index is -0.567. The van der Waals surface area contributed by atoms with Gasteiger partial charge in [0, 0.05) is 31.1 Å². The van der Waals surface area contributed by atoms with Crippen molar-refractivity contribution >= 4 is 23.4 Å². The molecule has 1 aromatic rings. The van der Waals surface area contributed by atoms with Crippen LogP contribution in [0.25, 0.3) is 0 Å². The highest BCUT2D eigenvalue weighted by Crippen LogP contribution is 2.23. The highest BCUT2D eigenvalue weighted by molar-refractivity contribution is 6.30. The van der Waals surface area contributed by atoms with Crippen molar-refractivity contribution in [2.24, 2.45) is 0 Å². The van der Waals surface area contributed by atoms with Gasteiger partial charge in [-0.2, -0.15) is 0 Å². The lowest BCUT2D eigenvalue weighted by atomic mass is 10.1. The quantitative estimate of drug-likeness (QED) is 0.902. The molecule has 1 aromatic carbocycles. The van der Waals surface area contributed by atoms with Gasteiger partial charge in [0.05, 0.1) is 7.11 Å². The van der Waals surface area contributed by atoms with E-state index in [0.29, 0.717) is 17.3 Å². The van der Waals surface area contributed by atoms with Crippen LogP contribution in [0.5, 0.6) is 5.75 Å². The lowest BCUT2D eigenvalue weighted by Crippen LogP contribution is -2.44. The smallest absolute Gasteiger partial charge is 0.244 e. The first-order chi connectivity index (χ1) is 9.35. The van der Waals surface area contributed by atoms with Crippen molar-refractivity contribution in [1.82, 2.24) is 10.2 Å². The predicted octanol–water partition coefficient (Wildman–Crippen LogP) is 1.83. The van der Waals surface area contributed by atoms with E-state index >= 15 is 0 Å². The summed E-state index contributed by atoms with van der Waals surface area (Å²) in [6.45, 7) is 3.38. The molecule has 0 aliphatic heterocycles. The molecule has 20 heavy (non-hydrogen) atoms. The lowest BCUT2D eigenvalue weighted by molar-refractivity contribution is -0.134. The van der Waals surface area contributed by atoms with Gasteiger partial charge in [0.25, 0.3) is 0 Å². The Kier molecular flexibility index (Phi) is 5.82. The minimum Gasteiger partial charge on any atom is -0.496 e. The van der Waals surface area contributed by atoms with Gasteiger partial charge in [-0.05, 0) is 25.1 Å². The first-order valence-corrected chi connectivity index (χ1v) is 6.57. The molecule has 110 valence electrons. The number of methoxy groups -OCH3 is 1. The molecule has 0 spiro atoms. The highest BCUT2D eigenvalue weighted by Gasteiger charge is 2.19. The van der Waals surface area contributed by atoms with Gasteiger partial charge in [-0.15, -0.1) is 0 Å². The Morgan fingerprint density at radius 2 is 2.10 bits per heavy atom. The number of carbonyl (C=O) groups is 2. The highest BCUT2D eigenvalue weighted by atomic mass is 35.5. The number of rotatable bonds is 5. The van der Waals surface area contributed by atoms with Crippen LogP contribution < -0.4 is 10.1 Å². The first-order valence-electron chi connectivity index (χ1n) is 6.19. The second-order valence-corrected chi connectivity index (χ2v) is 5.01. The molecule has 1 atom stereocenters. The second kappa shape index (κ2) is 7.14. The van der Waals surface area contributed by atoms with E-state index in [1.807, 2.05) is 0 Å². The molecule has 0 aliphatic carbocycles. The number of ether oxygens (including phenoxy) is 1. The van der Waals surface area contributed by atoms with Gasteiger partial charge in [0.2, 0.25) is 11.8 Å². The van der Waals surface area contributed by atoms with E-state index in [2.05, 4.69) is 5.32 Å². The number of carbonyl (C=O) groups excluding carboxylic acids is 2. The van der Waals surface area contributed by atoms with E-state index in [9.17, 15) is 9.59 Å². The number of halogens is 1. The number of likely N-dealkylation sites (N-methyl/N-ethyl adjacent to an activating group) is 1. The van der Waals surface area contributed by atoms with Gasteiger partial charge in [-0.1, -0.05) is 11.6 Å². The normalized spacial score (nSPS) is 11.7. The van der Waals surface area contributed by atoms with E-state index < -0.39 is 6.04 Å². The Morgan fingerprint density at radius 1 is 1.45 bits per heavy atom. The molecule has 1 N–H and O–H groups in total. The molecule has 0 saturated carbocycles. The summed E-state index contributed by atoms with van der Waals surface area (Å²) in [7, 11) is 3.23. The largest absolute Gasteiger partial charge is 0.496 e. The molecule has 0 aromatic heterocycles. The fraction of sp³-hybridized carbons (Fsp3) is 0.429. The zero-order chi connectivity index (χ0) is 15.3. The van der Waals surface area contributed by atoms with Gasteiger partial charge in [0.15, 0.2) is 0 Å². The minimum absolute atomic E-state index is 0.178. The van der Waals surface area contributed by atoms with Crippen molar-refractivity contribution < 1.29 is 14.3 Å². The summed E-state index contributed by atoms with van der Waals surface area (Å²) in [6.07, 6.45) is 0. The maximum atomic E-state index is 12.1. The average Bonchev–Trinajstić information content (AvgIpc) is 2.37. The summed E-state index contributed by atoms with van der Waals surface area (Å²) in [4.78, 5) is 24.6. The zero-order valence-electron chi connectivity index (χ0n) is 12.1. The Labute approximate surface area is 123 Å². The van der Waals surface area contributed by atoms with Gasteiger partial charge >= 0.3 is 0 Å². The van der Waals surface area contributed by atoms with Crippen LogP contribution in [0.2, 0.25) is 5.02 Å². The van der Waals surface area contributed by atoms with Crippen molar-refractivity contribution in [3.63, 3.8) is 0 Å². The van der Waals surface area contributed by atoms with Gasteiger partial charge in [-0.3, -0.25) is 9.59 Å². The molecule has 1 unspecified atom stereocenters. The topological polar surface area (TPSA) is 58.6 Å². The molecule has 0 fully saturated rings. The van der Waals surface area contributed by atoms with Crippen LogP contribution in [0.3, 0.4) is 0 Å². The zero-order valence-corrected chi connectivity index (χ0v) is 12.8. The molecule has 2 amide bonds. The van der Waals surface area contributed by atoms with Crippen LogP contribution in [0.1, 0.15) is 19.4 Å². The monoisotopic (exact) mass is 298 g/mol.